The molecule has 4 rings (SSSR count). The molecular weight excluding hydrogens is 390 g/mol. The van der Waals surface area contributed by atoms with Crippen LogP contribution in [-0.4, -0.2) is 22.7 Å². The van der Waals surface area contributed by atoms with Crippen LogP contribution in [0.4, 0.5) is 6.01 Å². The molecule has 0 saturated heterocycles. The molecule has 1 aliphatic heterocycles. The van der Waals surface area contributed by atoms with Gasteiger partial charge < -0.3 is 13.9 Å². The summed E-state index contributed by atoms with van der Waals surface area (Å²) in [5.41, 5.74) is 0.473. The summed E-state index contributed by atoms with van der Waals surface area (Å²) < 4.78 is 17.7. The average Bonchev–Trinajstić information content (AvgIpc) is 3.10. The second-order valence-electron chi connectivity index (χ2n) is 5.27. The van der Waals surface area contributed by atoms with E-state index in [-0.39, 0.29) is 24.4 Å². The fraction of sp³-hybridized carbons (Fsp3) is 0.118. The molecule has 0 bridgehead atoms. The maximum Gasteiger partial charge on any atom is 0.322 e. The molecule has 1 atom stereocenters. The normalized spacial score (nSPS) is 15.6. The van der Waals surface area contributed by atoms with Crippen molar-refractivity contribution >= 4 is 27.9 Å². The fourth-order valence-electron chi connectivity index (χ4n) is 2.36. The summed E-state index contributed by atoms with van der Waals surface area (Å²) in [6.07, 6.45) is -0.529. The van der Waals surface area contributed by atoms with Gasteiger partial charge in [0.25, 0.3) is 11.8 Å². The van der Waals surface area contributed by atoms with Crippen LogP contribution in [0.1, 0.15) is 22.4 Å². The molecule has 2 heterocycles. The lowest BCUT2D eigenvalue weighted by molar-refractivity contribution is 0.0716. The van der Waals surface area contributed by atoms with E-state index in [1.54, 1.807) is 24.3 Å². The number of fused-ring (bicyclic) bond motifs is 1. The largest absolute Gasteiger partial charge is 0.485 e. The summed E-state index contributed by atoms with van der Waals surface area (Å²) in [5, 5.41) is 10.3. The summed E-state index contributed by atoms with van der Waals surface area (Å²) in [4.78, 5) is 12.2. The third kappa shape index (κ3) is 3.34. The standard InChI is InChI=1S/C17H12BrN3O4/c18-11-5-3-4-10(8-11)15(22)19-17-21-20-16(25-17)14-9-23-12-6-1-2-7-13(12)24-14/h1-8,14H,9H2,(H,19,21,22)/t14-/m1/s1. The third-order valence-corrected chi connectivity index (χ3v) is 4.03. The first-order chi connectivity index (χ1) is 12.2. The van der Waals surface area contributed by atoms with Gasteiger partial charge in [0.2, 0.25) is 6.10 Å². The first kappa shape index (κ1) is 15.6. The van der Waals surface area contributed by atoms with Gasteiger partial charge in [0.15, 0.2) is 11.5 Å². The van der Waals surface area contributed by atoms with Crippen molar-refractivity contribution in [3.05, 3.63) is 64.5 Å². The van der Waals surface area contributed by atoms with Crippen LogP contribution in [0.3, 0.4) is 0 Å². The Morgan fingerprint density at radius 2 is 1.96 bits per heavy atom. The highest BCUT2D eigenvalue weighted by Gasteiger charge is 2.27. The number of halogens is 1. The molecule has 126 valence electrons. The summed E-state index contributed by atoms with van der Waals surface area (Å²) in [6.45, 7) is 0.248. The van der Waals surface area contributed by atoms with Gasteiger partial charge in [-0.1, -0.05) is 39.2 Å². The molecule has 1 aliphatic rings. The molecule has 1 aromatic heterocycles. The Labute approximate surface area is 151 Å². The lowest BCUT2D eigenvalue weighted by Crippen LogP contribution is -2.21. The highest BCUT2D eigenvalue weighted by molar-refractivity contribution is 9.10. The Hall–Kier alpha value is -2.87. The van der Waals surface area contributed by atoms with Crippen molar-refractivity contribution in [1.82, 2.24) is 10.2 Å². The molecule has 25 heavy (non-hydrogen) atoms. The molecular formula is C17H12BrN3O4. The number of benzene rings is 2. The third-order valence-electron chi connectivity index (χ3n) is 3.53. The second-order valence-corrected chi connectivity index (χ2v) is 6.19. The monoisotopic (exact) mass is 401 g/mol. The van der Waals surface area contributed by atoms with Gasteiger partial charge in [0.1, 0.15) is 6.61 Å². The molecule has 0 saturated carbocycles. The summed E-state index contributed by atoms with van der Waals surface area (Å²) >= 11 is 3.32. The summed E-state index contributed by atoms with van der Waals surface area (Å²) in [6, 6.07) is 14.3. The number of nitrogens with one attached hydrogen (secondary N) is 1. The van der Waals surface area contributed by atoms with E-state index in [1.165, 1.54) is 0 Å². The Kier molecular flexibility index (Phi) is 4.10. The van der Waals surface area contributed by atoms with Gasteiger partial charge in [-0.25, -0.2) is 0 Å². The van der Waals surface area contributed by atoms with Crippen molar-refractivity contribution in [1.29, 1.82) is 0 Å². The van der Waals surface area contributed by atoms with E-state index in [9.17, 15) is 4.79 Å². The van der Waals surface area contributed by atoms with Crippen molar-refractivity contribution in [3.8, 4) is 11.5 Å². The number of hydrogen-bond donors (Lipinski definition) is 1. The molecule has 0 fully saturated rings. The van der Waals surface area contributed by atoms with E-state index in [0.29, 0.717) is 17.1 Å². The zero-order chi connectivity index (χ0) is 17.2. The van der Waals surface area contributed by atoms with Gasteiger partial charge in [0.05, 0.1) is 0 Å². The van der Waals surface area contributed by atoms with Crippen molar-refractivity contribution in [2.45, 2.75) is 6.10 Å². The molecule has 0 aliphatic carbocycles. The number of carbonyl (C=O) groups is 1. The molecule has 7 nitrogen and oxygen atoms in total. The van der Waals surface area contributed by atoms with Gasteiger partial charge in [-0.3, -0.25) is 10.1 Å². The number of nitrogens with zero attached hydrogens (tertiary/aromatic N) is 2. The number of amides is 1. The maximum absolute atomic E-state index is 12.2. The van der Waals surface area contributed by atoms with Crippen LogP contribution >= 0.6 is 15.9 Å². The summed E-state index contributed by atoms with van der Waals surface area (Å²) in [5.74, 6) is 1.17. The number of aromatic nitrogens is 2. The second kappa shape index (κ2) is 6.56. The lowest BCUT2D eigenvalue weighted by Gasteiger charge is -2.23. The van der Waals surface area contributed by atoms with Gasteiger partial charge >= 0.3 is 6.01 Å². The van der Waals surface area contributed by atoms with E-state index in [2.05, 4.69) is 31.4 Å². The minimum absolute atomic E-state index is 0.00225. The number of para-hydroxylation sites is 2. The van der Waals surface area contributed by atoms with Crippen LogP contribution in [0.15, 0.2) is 57.4 Å². The van der Waals surface area contributed by atoms with Crippen LogP contribution in [0.5, 0.6) is 11.5 Å². The Morgan fingerprint density at radius 3 is 2.80 bits per heavy atom. The van der Waals surface area contributed by atoms with Crippen molar-refractivity contribution in [3.63, 3.8) is 0 Å². The van der Waals surface area contributed by atoms with E-state index in [1.807, 2.05) is 24.3 Å². The van der Waals surface area contributed by atoms with Gasteiger partial charge in [-0.05, 0) is 30.3 Å². The lowest BCUT2D eigenvalue weighted by atomic mass is 10.2. The molecule has 0 spiro atoms. The molecule has 0 unspecified atom stereocenters. The predicted octanol–water partition coefficient (Wildman–Crippen LogP) is 3.60. The highest BCUT2D eigenvalue weighted by Crippen LogP contribution is 2.35. The van der Waals surface area contributed by atoms with Crippen LogP contribution in [0, 0.1) is 0 Å². The van der Waals surface area contributed by atoms with E-state index in [0.717, 1.165) is 4.47 Å². The number of ether oxygens (including phenoxy) is 2. The summed E-state index contributed by atoms with van der Waals surface area (Å²) in [7, 11) is 0. The van der Waals surface area contributed by atoms with Crippen molar-refractivity contribution in [2.24, 2.45) is 0 Å². The highest BCUT2D eigenvalue weighted by atomic mass is 79.9. The van der Waals surface area contributed by atoms with Gasteiger partial charge in [-0.2, -0.15) is 0 Å². The minimum Gasteiger partial charge on any atom is -0.485 e. The number of hydrogen-bond acceptors (Lipinski definition) is 6. The predicted molar refractivity (Wildman–Crippen MR) is 91.7 cm³/mol. The zero-order valence-corrected chi connectivity index (χ0v) is 14.4. The topological polar surface area (TPSA) is 86.5 Å². The van der Waals surface area contributed by atoms with E-state index >= 15 is 0 Å². The van der Waals surface area contributed by atoms with Gasteiger partial charge in [0, 0.05) is 10.0 Å². The molecule has 0 radical (unpaired) electrons. The molecule has 1 N–H and O–H groups in total. The zero-order valence-electron chi connectivity index (χ0n) is 12.8. The fourth-order valence-corrected chi connectivity index (χ4v) is 2.75. The van der Waals surface area contributed by atoms with Crippen LogP contribution in [0.25, 0.3) is 0 Å². The van der Waals surface area contributed by atoms with Crippen LogP contribution in [0.2, 0.25) is 0 Å². The average molecular weight is 402 g/mol. The quantitative estimate of drug-likeness (QED) is 0.721. The van der Waals surface area contributed by atoms with Crippen molar-refractivity contribution in [2.75, 3.05) is 11.9 Å². The molecule has 1 amide bonds. The minimum atomic E-state index is -0.529. The Balaban J connectivity index is 1.47. The number of anilines is 1. The first-order valence-electron chi connectivity index (χ1n) is 7.48. The number of rotatable bonds is 3. The van der Waals surface area contributed by atoms with Crippen molar-refractivity contribution < 1.29 is 18.7 Å². The maximum atomic E-state index is 12.2. The first-order valence-corrected chi connectivity index (χ1v) is 8.27. The molecule has 2 aromatic carbocycles. The smallest absolute Gasteiger partial charge is 0.322 e. The molecule has 3 aromatic rings. The molecule has 8 heteroatoms. The number of carbonyl (C=O) groups excluding carboxylic acids is 1. The van der Waals surface area contributed by atoms with E-state index < -0.39 is 6.10 Å². The SMILES string of the molecule is O=C(Nc1nnc([C@H]2COc3ccccc3O2)o1)c1cccc(Br)c1. The van der Waals surface area contributed by atoms with Crippen LogP contribution in [-0.2, 0) is 0 Å². The Bertz CT molecular complexity index is 928. The van der Waals surface area contributed by atoms with Gasteiger partial charge in [-0.15, -0.1) is 5.10 Å². The van der Waals surface area contributed by atoms with E-state index in [4.69, 9.17) is 13.9 Å². The van der Waals surface area contributed by atoms with Crippen LogP contribution < -0.4 is 14.8 Å². The Morgan fingerprint density at radius 1 is 1.12 bits per heavy atom.